The van der Waals surface area contributed by atoms with Crippen molar-refractivity contribution in [2.45, 2.75) is 34.4 Å². The number of thiazole rings is 1. The predicted octanol–water partition coefficient (Wildman–Crippen LogP) is 2.35. The minimum atomic E-state index is -0.221. The van der Waals surface area contributed by atoms with E-state index in [0.717, 1.165) is 28.1 Å². The number of anilines is 2. The molecule has 5 rings (SSSR count). The summed E-state index contributed by atoms with van der Waals surface area (Å²) >= 11 is 1.30. The van der Waals surface area contributed by atoms with Crippen LogP contribution in [0.3, 0.4) is 0 Å². The smallest absolute Gasteiger partial charge is 0.272 e. The summed E-state index contributed by atoms with van der Waals surface area (Å²) in [5.74, 6) is -0.221. The summed E-state index contributed by atoms with van der Waals surface area (Å²) < 4.78 is 2.12. The van der Waals surface area contributed by atoms with Crippen molar-refractivity contribution in [3.8, 4) is 0 Å². The molecule has 3 aromatic rings. The van der Waals surface area contributed by atoms with Crippen LogP contribution in [0.2, 0.25) is 0 Å². The van der Waals surface area contributed by atoms with Gasteiger partial charge in [-0.15, -0.1) is 0 Å². The molecule has 3 heterocycles. The minimum absolute atomic E-state index is 0.162. The van der Waals surface area contributed by atoms with E-state index in [4.69, 9.17) is 0 Å². The summed E-state index contributed by atoms with van der Waals surface area (Å²) in [6, 6.07) is 10.3. The topological polar surface area (TPSA) is 66.7 Å². The van der Waals surface area contributed by atoms with Gasteiger partial charge in [0.1, 0.15) is 17.9 Å². The van der Waals surface area contributed by atoms with Gasteiger partial charge in [-0.1, -0.05) is 29.0 Å². The Morgan fingerprint density at radius 1 is 0.967 bits per heavy atom. The van der Waals surface area contributed by atoms with Crippen LogP contribution in [-0.4, -0.2) is 17.1 Å². The number of carbonyl (C=O) groups is 1. The summed E-state index contributed by atoms with van der Waals surface area (Å²) in [6.45, 7) is 9.00. The molecule has 0 atom stereocenters. The zero-order valence-corrected chi connectivity index (χ0v) is 18.2. The summed E-state index contributed by atoms with van der Waals surface area (Å²) in [5, 5.41) is 2.94. The molecule has 0 aliphatic carbocycles. The lowest BCUT2D eigenvalue weighted by Crippen LogP contribution is -2.43. The van der Waals surface area contributed by atoms with Crippen molar-refractivity contribution in [2.24, 2.45) is 4.99 Å². The predicted molar refractivity (Wildman–Crippen MR) is 120 cm³/mol. The van der Waals surface area contributed by atoms with Gasteiger partial charge in [0.15, 0.2) is 4.80 Å². The molecule has 1 aromatic heterocycles. The van der Waals surface area contributed by atoms with Crippen molar-refractivity contribution in [1.82, 2.24) is 4.57 Å². The summed E-state index contributed by atoms with van der Waals surface area (Å²) in [7, 11) is 0. The van der Waals surface area contributed by atoms with E-state index in [-0.39, 0.29) is 11.5 Å². The molecule has 30 heavy (non-hydrogen) atoms. The van der Waals surface area contributed by atoms with Crippen LogP contribution in [0.5, 0.6) is 0 Å². The lowest BCUT2D eigenvalue weighted by atomic mass is 10.0. The van der Waals surface area contributed by atoms with Crippen LogP contribution >= 0.6 is 11.3 Å². The molecule has 2 aliphatic rings. The first-order valence-electron chi connectivity index (χ1n) is 9.86. The van der Waals surface area contributed by atoms with Gasteiger partial charge in [0.05, 0.1) is 11.3 Å². The molecule has 0 radical (unpaired) electrons. The molecular weight excluding hydrogens is 396 g/mol. The van der Waals surface area contributed by atoms with Gasteiger partial charge in [0.2, 0.25) is 0 Å². The Hall–Kier alpha value is -3.19. The van der Waals surface area contributed by atoms with E-state index in [2.05, 4.69) is 47.3 Å². The summed E-state index contributed by atoms with van der Waals surface area (Å²) in [4.78, 5) is 33.5. The van der Waals surface area contributed by atoms with E-state index in [0.29, 0.717) is 28.2 Å². The maximum Gasteiger partial charge on any atom is 0.272 e. The molecular formula is C23H22N4O2S. The van der Waals surface area contributed by atoms with Crippen molar-refractivity contribution in [1.29, 1.82) is 0 Å². The number of amides is 1. The first-order valence-corrected chi connectivity index (χ1v) is 10.7. The second-order valence-electron chi connectivity index (χ2n) is 8.11. The monoisotopic (exact) mass is 418 g/mol. The number of hydrogen-bond donors (Lipinski definition) is 1. The SMILES string of the molecule is Cc1cc(C)cc(N2CN=c3sc(=C4C(=O)Nc5c(C)cc(C)cc54)c(=O)n3C2)c1. The number of fused-ring (bicyclic) bond motifs is 2. The highest BCUT2D eigenvalue weighted by molar-refractivity contribution is 7.07. The first-order chi connectivity index (χ1) is 14.3. The van der Waals surface area contributed by atoms with Crippen molar-refractivity contribution in [3.05, 3.63) is 77.8 Å². The van der Waals surface area contributed by atoms with Crippen molar-refractivity contribution < 1.29 is 4.79 Å². The van der Waals surface area contributed by atoms with E-state index in [1.54, 1.807) is 4.57 Å². The number of nitrogens with one attached hydrogen (secondary N) is 1. The van der Waals surface area contributed by atoms with Crippen LogP contribution in [0.4, 0.5) is 11.4 Å². The quantitative estimate of drug-likeness (QED) is 0.660. The highest BCUT2D eigenvalue weighted by Crippen LogP contribution is 2.33. The summed E-state index contributed by atoms with van der Waals surface area (Å²) in [6.07, 6.45) is 0. The molecule has 1 amide bonds. The Kier molecular flexibility index (Phi) is 4.18. The van der Waals surface area contributed by atoms with Crippen LogP contribution in [0, 0.1) is 27.7 Å². The number of rotatable bonds is 1. The largest absolute Gasteiger partial charge is 0.334 e. The molecule has 1 N–H and O–H groups in total. The third-order valence-corrected chi connectivity index (χ3v) is 6.68. The molecule has 0 saturated heterocycles. The number of benzene rings is 2. The van der Waals surface area contributed by atoms with Gasteiger partial charge in [0, 0.05) is 11.3 Å². The van der Waals surface area contributed by atoms with Crippen LogP contribution in [0.25, 0.3) is 5.57 Å². The Bertz CT molecular complexity index is 1390. The molecule has 152 valence electrons. The van der Waals surface area contributed by atoms with Gasteiger partial charge >= 0.3 is 0 Å². The Morgan fingerprint density at radius 2 is 1.67 bits per heavy atom. The number of carbonyl (C=O) groups excluding carboxylic acids is 1. The Labute approximate surface area is 177 Å². The highest BCUT2D eigenvalue weighted by Gasteiger charge is 2.29. The second kappa shape index (κ2) is 6.67. The standard InChI is InChI=1S/C23H22N4O2S/c1-12-5-13(2)8-16(7-12)26-10-24-23-27(11-26)22(29)20(30-23)18-17-9-14(3)6-15(4)19(17)25-21(18)28/h5-9H,10-11H2,1-4H3,(H,25,28). The minimum Gasteiger partial charge on any atom is -0.334 e. The molecule has 0 unspecified atom stereocenters. The third-order valence-electron chi connectivity index (χ3n) is 5.57. The van der Waals surface area contributed by atoms with Gasteiger partial charge in [-0.25, -0.2) is 4.99 Å². The fourth-order valence-electron chi connectivity index (χ4n) is 4.31. The average Bonchev–Trinajstić information content (AvgIpc) is 3.17. The normalized spacial score (nSPS) is 16.8. The van der Waals surface area contributed by atoms with Crippen LogP contribution < -0.4 is 25.1 Å². The molecule has 2 aromatic carbocycles. The van der Waals surface area contributed by atoms with Gasteiger partial charge in [-0.05, 0) is 62.6 Å². The molecule has 6 nitrogen and oxygen atoms in total. The van der Waals surface area contributed by atoms with Crippen LogP contribution in [-0.2, 0) is 11.5 Å². The zero-order chi connectivity index (χ0) is 21.2. The van der Waals surface area contributed by atoms with E-state index < -0.39 is 0 Å². The second-order valence-corrected chi connectivity index (χ2v) is 9.08. The fraction of sp³-hybridized carbons (Fsp3) is 0.261. The zero-order valence-electron chi connectivity index (χ0n) is 17.4. The summed E-state index contributed by atoms with van der Waals surface area (Å²) in [5.41, 5.74) is 7.36. The lowest BCUT2D eigenvalue weighted by molar-refractivity contribution is -0.110. The number of hydrogen-bond acceptors (Lipinski definition) is 5. The number of aryl methyl sites for hydroxylation is 4. The molecule has 0 spiro atoms. The average molecular weight is 419 g/mol. The first kappa shape index (κ1) is 18.8. The van der Waals surface area contributed by atoms with E-state index >= 15 is 0 Å². The Balaban J connectivity index is 1.66. The molecule has 0 fully saturated rings. The van der Waals surface area contributed by atoms with Gasteiger partial charge in [-0.3, -0.25) is 14.2 Å². The van der Waals surface area contributed by atoms with Crippen molar-refractivity contribution in [3.63, 3.8) is 0 Å². The van der Waals surface area contributed by atoms with Gasteiger partial charge in [-0.2, -0.15) is 0 Å². The van der Waals surface area contributed by atoms with Crippen LogP contribution in [0.1, 0.15) is 27.8 Å². The molecule has 0 saturated carbocycles. The number of aromatic nitrogens is 1. The van der Waals surface area contributed by atoms with E-state index in [1.807, 2.05) is 26.0 Å². The lowest BCUT2D eigenvalue weighted by Gasteiger charge is -2.26. The fourth-order valence-corrected chi connectivity index (χ4v) is 5.37. The molecule has 2 aliphatic heterocycles. The van der Waals surface area contributed by atoms with Gasteiger partial charge in [0.25, 0.3) is 11.5 Å². The molecule has 0 bridgehead atoms. The highest BCUT2D eigenvalue weighted by atomic mass is 32.1. The van der Waals surface area contributed by atoms with Crippen LogP contribution in [0.15, 0.2) is 40.1 Å². The molecule has 7 heteroatoms. The van der Waals surface area contributed by atoms with Crippen molar-refractivity contribution in [2.75, 3.05) is 16.9 Å². The maximum absolute atomic E-state index is 13.3. The van der Waals surface area contributed by atoms with E-state index in [1.165, 1.54) is 22.5 Å². The maximum atomic E-state index is 13.3. The van der Waals surface area contributed by atoms with E-state index in [9.17, 15) is 9.59 Å². The Morgan fingerprint density at radius 3 is 2.40 bits per heavy atom. The third kappa shape index (κ3) is 2.89. The van der Waals surface area contributed by atoms with Crippen molar-refractivity contribution >= 4 is 34.2 Å². The van der Waals surface area contributed by atoms with Gasteiger partial charge < -0.3 is 10.2 Å². The number of nitrogens with zero attached hydrogens (tertiary/aromatic N) is 3.